The fourth-order valence-electron chi connectivity index (χ4n) is 5.23. The summed E-state index contributed by atoms with van der Waals surface area (Å²) >= 11 is 14.4. The molecule has 1 heterocycles. The molecule has 0 unspecified atom stereocenters. The Hall–Kier alpha value is -2.28. The molecule has 200 valence electrons. The third-order valence-electron chi connectivity index (χ3n) is 7.33. The second-order valence-corrected chi connectivity index (χ2v) is 11.4. The zero-order valence-electron chi connectivity index (χ0n) is 21.4. The van der Waals surface area contributed by atoms with Crippen LogP contribution < -0.4 is 10.1 Å². The van der Waals surface area contributed by atoms with E-state index in [2.05, 4.69) is 11.4 Å². The van der Waals surface area contributed by atoms with Gasteiger partial charge in [-0.3, -0.25) is 4.79 Å². The summed E-state index contributed by atoms with van der Waals surface area (Å²) in [6, 6.07) is 22.5. The summed E-state index contributed by atoms with van der Waals surface area (Å²) in [5.74, 6) is 0.750. The van der Waals surface area contributed by atoms with E-state index < -0.39 is 0 Å². The third-order valence-corrected chi connectivity index (χ3v) is 9.25. The number of hydrogen-bond donors (Lipinski definition) is 1. The Morgan fingerprint density at radius 2 is 1.68 bits per heavy atom. The maximum absolute atomic E-state index is 14.2. The molecule has 1 N–H and O–H groups in total. The summed E-state index contributed by atoms with van der Waals surface area (Å²) in [6.07, 6.45) is 3.96. The molecule has 8 heteroatoms. The first-order valence-electron chi connectivity index (χ1n) is 12.6. The molecule has 1 aliphatic carbocycles. The summed E-state index contributed by atoms with van der Waals surface area (Å²) < 4.78 is 6.77. The first-order valence-corrected chi connectivity index (χ1v) is 14.1. The van der Waals surface area contributed by atoms with Gasteiger partial charge < -0.3 is 15.0 Å². The Kier molecular flexibility index (Phi) is 9.61. The number of rotatable bonds is 7. The largest absolute Gasteiger partial charge is 0.496 e. The first-order chi connectivity index (χ1) is 18.0. The number of carbonyl (C=O) groups is 1. The Bertz CT molecular complexity index is 1400. The lowest BCUT2D eigenvalue weighted by Gasteiger charge is -2.37. The second-order valence-electron chi connectivity index (χ2n) is 9.50. The number of nitrogens with zero attached hydrogens (tertiary/aromatic N) is 1. The first kappa shape index (κ1) is 28.7. The molecular formula is C30H31Cl3N2O2S. The molecule has 3 aromatic carbocycles. The summed E-state index contributed by atoms with van der Waals surface area (Å²) in [6.45, 7) is 0.447. The van der Waals surface area contributed by atoms with Gasteiger partial charge in [0.2, 0.25) is 0 Å². The van der Waals surface area contributed by atoms with E-state index in [-0.39, 0.29) is 24.4 Å². The normalized spacial score (nSPS) is 17.2. The Labute approximate surface area is 244 Å². The number of carbonyl (C=O) groups excluding carboxylic acids is 1. The summed E-state index contributed by atoms with van der Waals surface area (Å²) in [7, 11) is 3.69. The van der Waals surface area contributed by atoms with Crippen LogP contribution in [-0.2, 0) is 6.54 Å². The van der Waals surface area contributed by atoms with E-state index in [1.54, 1.807) is 7.11 Å². The van der Waals surface area contributed by atoms with Crippen molar-refractivity contribution in [3.05, 3.63) is 87.2 Å². The van der Waals surface area contributed by atoms with Crippen molar-refractivity contribution in [1.29, 1.82) is 0 Å². The maximum atomic E-state index is 14.2. The molecule has 1 fully saturated rings. The molecule has 0 radical (unpaired) electrons. The van der Waals surface area contributed by atoms with Crippen molar-refractivity contribution >= 4 is 62.9 Å². The van der Waals surface area contributed by atoms with E-state index in [9.17, 15) is 4.79 Å². The van der Waals surface area contributed by atoms with Crippen molar-refractivity contribution < 1.29 is 9.53 Å². The van der Waals surface area contributed by atoms with Crippen LogP contribution in [0, 0.1) is 0 Å². The van der Waals surface area contributed by atoms with E-state index in [0.29, 0.717) is 27.5 Å². The highest BCUT2D eigenvalue weighted by Gasteiger charge is 2.32. The number of fused-ring (bicyclic) bond motifs is 1. The fraction of sp³-hybridized carbons (Fsp3) is 0.300. The molecule has 0 saturated heterocycles. The van der Waals surface area contributed by atoms with Crippen LogP contribution in [0.1, 0.15) is 40.9 Å². The monoisotopic (exact) mass is 588 g/mol. The minimum atomic E-state index is -0.0157. The van der Waals surface area contributed by atoms with Gasteiger partial charge in [-0.1, -0.05) is 59.6 Å². The molecule has 1 amide bonds. The number of nitrogens with one attached hydrogen (secondary N) is 1. The van der Waals surface area contributed by atoms with Crippen molar-refractivity contribution in [2.45, 2.75) is 44.3 Å². The van der Waals surface area contributed by atoms with Crippen molar-refractivity contribution in [3.8, 4) is 16.9 Å². The van der Waals surface area contributed by atoms with Gasteiger partial charge in [-0.2, -0.15) is 0 Å². The van der Waals surface area contributed by atoms with Gasteiger partial charge in [0.25, 0.3) is 5.91 Å². The molecule has 0 atom stereocenters. The van der Waals surface area contributed by atoms with Crippen LogP contribution in [-0.4, -0.2) is 37.0 Å². The molecule has 5 rings (SSSR count). The highest BCUT2D eigenvalue weighted by Crippen LogP contribution is 2.38. The van der Waals surface area contributed by atoms with Gasteiger partial charge in [0.15, 0.2) is 0 Å². The van der Waals surface area contributed by atoms with Crippen LogP contribution in [0.15, 0.2) is 66.7 Å². The zero-order chi connectivity index (χ0) is 25.9. The smallest absolute Gasteiger partial charge is 0.266 e. The van der Waals surface area contributed by atoms with Gasteiger partial charge in [0.1, 0.15) is 10.6 Å². The Morgan fingerprint density at radius 1 is 1.00 bits per heavy atom. The predicted octanol–water partition coefficient (Wildman–Crippen LogP) is 8.48. The van der Waals surface area contributed by atoms with Crippen LogP contribution >= 0.6 is 46.9 Å². The van der Waals surface area contributed by atoms with Crippen molar-refractivity contribution in [2.24, 2.45) is 0 Å². The van der Waals surface area contributed by atoms with Crippen LogP contribution in [0.25, 0.3) is 21.2 Å². The van der Waals surface area contributed by atoms with E-state index >= 15 is 0 Å². The molecule has 38 heavy (non-hydrogen) atoms. The molecule has 4 aromatic rings. The number of methoxy groups -OCH3 is 1. The second kappa shape index (κ2) is 12.7. The van der Waals surface area contributed by atoms with Crippen molar-refractivity contribution in [3.63, 3.8) is 0 Å². The van der Waals surface area contributed by atoms with E-state index in [4.69, 9.17) is 27.9 Å². The third kappa shape index (κ3) is 5.98. The highest BCUT2D eigenvalue weighted by molar-refractivity contribution is 7.21. The summed E-state index contributed by atoms with van der Waals surface area (Å²) in [4.78, 5) is 16.8. The molecular weight excluding hydrogens is 559 g/mol. The average molecular weight is 590 g/mol. The van der Waals surface area contributed by atoms with E-state index in [0.717, 1.165) is 58.2 Å². The van der Waals surface area contributed by atoms with Gasteiger partial charge >= 0.3 is 0 Å². The molecule has 1 saturated carbocycles. The number of hydrogen-bond acceptors (Lipinski definition) is 4. The van der Waals surface area contributed by atoms with Crippen LogP contribution in [0.3, 0.4) is 0 Å². The van der Waals surface area contributed by atoms with E-state index in [1.165, 1.54) is 11.3 Å². The van der Waals surface area contributed by atoms with Crippen molar-refractivity contribution in [2.75, 3.05) is 14.2 Å². The molecule has 1 aliphatic rings. The minimum absolute atomic E-state index is 0. The number of ether oxygens (including phenoxy) is 1. The van der Waals surface area contributed by atoms with Crippen molar-refractivity contribution in [1.82, 2.24) is 10.2 Å². The Morgan fingerprint density at radius 3 is 2.34 bits per heavy atom. The van der Waals surface area contributed by atoms with Gasteiger partial charge in [-0.25, -0.2) is 0 Å². The molecule has 0 bridgehead atoms. The molecule has 0 aliphatic heterocycles. The van der Waals surface area contributed by atoms with Crippen LogP contribution in [0.4, 0.5) is 0 Å². The lowest BCUT2D eigenvalue weighted by atomic mass is 9.89. The van der Waals surface area contributed by atoms with Gasteiger partial charge in [-0.05, 0) is 74.2 Å². The number of benzene rings is 3. The minimum Gasteiger partial charge on any atom is -0.496 e. The summed E-state index contributed by atoms with van der Waals surface area (Å²) in [5, 5.41) is 5.57. The van der Waals surface area contributed by atoms with Gasteiger partial charge in [0, 0.05) is 39.3 Å². The van der Waals surface area contributed by atoms with E-state index in [1.807, 2.05) is 72.6 Å². The Balaban J connectivity index is 0.00000336. The maximum Gasteiger partial charge on any atom is 0.266 e. The number of halogens is 3. The molecule has 4 nitrogen and oxygen atoms in total. The molecule has 1 aromatic heterocycles. The lowest BCUT2D eigenvalue weighted by Crippen LogP contribution is -2.44. The summed E-state index contributed by atoms with van der Waals surface area (Å²) in [5.41, 5.74) is 3.09. The quantitative estimate of drug-likeness (QED) is 0.235. The highest BCUT2D eigenvalue weighted by atomic mass is 35.5. The standard InChI is InChI=1S/C30H30Cl2N2O2S.ClH/c1-33-23-12-14-24(15-13-23)34(30(35)29-28(32)25-5-3-4-6-27(25)37-29)18-21-17-20(9-16-26(21)36-2)19-7-10-22(31)11-8-19;/h3-11,16-17,23-24,33H,12-15,18H2,1-2H3;1H. The van der Waals surface area contributed by atoms with Crippen LogP contribution in [0.2, 0.25) is 10.0 Å². The number of amides is 1. The number of thiophene rings is 1. The molecule has 0 spiro atoms. The average Bonchev–Trinajstić information content (AvgIpc) is 3.28. The fourth-order valence-corrected chi connectivity index (χ4v) is 6.83. The topological polar surface area (TPSA) is 41.6 Å². The zero-order valence-corrected chi connectivity index (χ0v) is 24.5. The van der Waals surface area contributed by atoms with Gasteiger partial charge in [-0.15, -0.1) is 23.7 Å². The SMILES string of the molecule is CNC1CCC(N(Cc2cc(-c3ccc(Cl)cc3)ccc2OC)C(=O)c2sc3ccccc3c2Cl)CC1.Cl. The predicted molar refractivity (Wildman–Crippen MR) is 163 cm³/mol. The van der Waals surface area contributed by atoms with Gasteiger partial charge in [0.05, 0.1) is 12.1 Å². The lowest BCUT2D eigenvalue weighted by molar-refractivity contribution is 0.0604. The van der Waals surface area contributed by atoms with Crippen LogP contribution in [0.5, 0.6) is 5.75 Å².